The van der Waals surface area contributed by atoms with Gasteiger partial charge in [-0.15, -0.1) is 0 Å². The number of ketones is 1. The molecule has 4 rings (SSSR count). The van der Waals surface area contributed by atoms with Crippen molar-refractivity contribution in [3.8, 4) is 11.5 Å². The second kappa shape index (κ2) is 11.6. The Morgan fingerprint density at radius 2 is 1.90 bits per heavy atom. The normalized spacial score (nSPS) is 16.4. The van der Waals surface area contributed by atoms with Crippen LogP contribution in [-0.4, -0.2) is 82.3 Å². The number of ether oxygens (including phenoxy) is 2. The van der Waals surface area contributed by atoms with Crippen molar-refractivity contribution in [2.45, 2.75) is 58.5 Å². The van der Waals surface area contributed by atoms with E-state index in [1.54, 1.807) is 36.1 Å². The van der Waals surface area contributed by atoms with Gasteiger partial charge in [0.2, 0.25) is 0 Å². The van der Waals surface area contributed by atoms with Crippen LogP contribution in [0.15, 0.2) is 24.3 Å². The van der Waals surface area contributed by atoms with Gasteiger partial charge in [-0.25, -0.2) is 14.6 Å². The average molecular weight is 566 g/mol. The molecule has 3 N–H and O–H groups in total. The number of benzene rings is 1. The van der Waals surface area contributed by atoms with Crippen molar-refractivity contribution in [3.63, 3.8) is 0 Å². The molecule has 218 valence electrons. The van der Waals surface area contributed by atoms with E-state index < -0.39 is 29.4 Å². The van der Waals surface area contributed by atoms with E-state index >= 15 is 0 Å². The van der Waals surface area contributed by atoms with E-state index in [1.165, 1.54) is 11.9 Å². The quantitative estimate of drug-likeness (QED) is 0.408. The van der Waals surface area contributed by atoms with Crippen LogP contribution in [0.5, 0.6) is 11.5 Å². The van der Waals surface area contributed by atoms with Crippen molar-refractivity contribution in [3.05, 3.63) is 52.3 Å². The number of amides is 2. The van der Waals surface area contributed by atoms with E-state index in [9.17, 15) is 24.3 Å². The predicted molar refractivity (Wildman–Crippen MR) is 149 cm³/mol. The van der Waals surface area contributed by atoms with Gasteiger partial charge in [0.15, 0.2) is 17.2 Å². The zero-order valence-corrected chi connectivity index (χ0v) is 23.9. The van der Waals surface area contributed by atoms with Crippen molar-refractivity contribution in [1.29, 1.82) is 5.41 Å². The number of pyridine rings is 1. The van der Waals surface area contributed by atoms with Crippen molar-refractivity contribution < 1.29 is 33.8 Å². The van der Waals surface area contributed by atoms with Gasteiger partial charge in [0.1, 0.15) is 23.3 Å². The van der Waals surface area contributed by atoms with Crippen LogP contribution < -0.4 is 14.8 Å². The first-order valence-electron chi connectivity index (χ1n) is 13.5. The molecule has 0 bridgehead atoms. The molecule has 12 nitrogen and oxygen atoms in total. The third kappa shape index (κ3) is 6.01. The van der Waals surface area contributed by atoms with Crippen LogP contribution in [0.4, 0.5) is 4.79 Å². The monoisotopic (exact) mass is 565 g/mol. The third-order valence-corrected chi connectivity index (χ3v) is 7.12. The van der Waals surface area contributed by atoms with Gasteiger partial charge in [-0.3, -0.25) is 19.9 Å². The molecule has 1 fully saturated rings. The molecule has 12 heteroatoms. The summed E-state index contributed by atoms with van der Waals surface area (Å²) in [6.07, 6.45) is 0.212. The van der Waals surface area contributed by atoms with Gasteiger partial charge < -0.3 is 24.8 Å². The summed E-state index contributed by atoms with van der Waals surface area (Å²) in [7, 11) is 1.49. The summed E-state index contributed by atoms with van der Waals surface area (Å²) in [6, 6.07) is 5.54. The lowest BCUT2D eigenvalue weighted by Gasteiger charge is -2.26. The molecule has 0 spiro atoms. The fourth-order valence-corrected chi connectivity index (χ4v) is 5.01. The predicted octanol–water partition coefficient (Wildman–Crippen LogP) is 3.21. The lowest BCUT2D eigenvalue weighted by Crippen LogP contribution is -2.42. The van der Waals surface area contributed by atoms with E-state index in [-0.39, 0.29) is 36.2 Å². The van der Waals surface area contributed by atoms with E-state index in [0.717, 1.165) is 0 Å². The van der Waals surface area contributed by atoms with Crippen LogP contribution in [0.25, 0.3) is 0 Å². The van der Waals surface area contributed by atoms with Gasteiger partial charge >= 0.3 is 12.1 Å². The molecular weight excluding hydrogens is 530 g/mol. The summed E-state index contributed by atoms with van der Waals surface area (Å²) >= 11 is 0. The summed E-state index contributed by atoms with van der Waals surface area (Å²) in [5, 5.41) is 20.6. The highest BCUT2D eigenvalue weighted by Crippen LogP contribution is 2.34. The topological polar surface area (TPSA) is 162 Å². The highest BCUT2D eigenvalue weighted by Gasteiger charge is 2.36. The molecule has 0 radical (unpaired) electrons. The Balaban J connectivity index is 1.54. The molecule has 2 aliphatic heterocycles. The van der Waals surface area contributed by atoms with Gasteiger partial charge in [-0.1, -0.05) is 20.8 Å². The number of aromatic nitrogens is 1. The Morgan fingerprint density at radius 1 is 1.17 bits per heavy atom. The maximum absolute atomic E-state index is 13.4. The number of carbonyl (C=O) groups excluding carboxylic acids is 3. The Hall–Kier alpha value is -4.48. The Bertz CT molecular complexity index is 1410. The molecule has 1 saturated heterocycles. The Labute approximate surface area is 238 Å². The second-order valence-electron chi connectivity index (χ2n) is 11.0. The molecule has 2 aromatic rings. The minimum atomic E-state index is -1.07. The van der Waals surface area contributed by atoms with Gasteiger partial charge in [0, 0.05) is 36.8 Å². The highest BCUT2D eigenvalue weighted by molar-refractivity contribution is 6.05. The van der Waals surface area contributed by atoms with E-state index in [4.69, 9.17) is 14.9 Å². The molecule has 1 aromatic heterocycles. The zero-order chi connectivity index (χ0) is 30.1. The molecule has 0 saturated carbocycles. The standard InChI is InChI=1S/C29H35N5O7/c1-6-40-22-13-17-14-33(25(30)23(17)32-24(22)26(36)31-5)15-20(35)16-9-10-21(18(12-16)29(2,3)4)41-28(39)34-11-7-8-19(34)27(37)38/h9-10,12-13,19,30H,6-8,11,14-15H2,1-5H3,(H,31,36)(H,37,38). The minimum Gasteiger partial charge on any atom is -0.491 e. The number of nitrogens with one attached hydrogen (secondary N) is 2. The molecule has 1 atom stereocenters. The SMILES string of the molecule is CCOc1cc2c(nc1C(=O)NC)C(=N)N(CC(=O)c1ccc(OC(=O)N3CCCC3C(=O)O)c(C(C)(C)C)c1)C2. The number of carboxylic acids is 1. The minimum absolute atomic E-state index is 0.0294. The largest absolute Gasteiger partial charge is 0.491 e. The molecule has 1 aromatic carbocycles. The third-order valence-electron chi connectivity index (χ3n) is 7.12. The molecule has 2 aliphatic rings. The molecule has 2 amide bonds. The maximum atomic E-state index is 13.4. The number of aliphatic carboxylic acids is 1. The maximum Gasteiger partial charge on any atom is 0.415 e. The number of nitrogens with zero attached hydrogens (tertiary/aromatic N) is 3. The average Bonchev–Trinajstić information content (AvgIpc) is 3.53. The fourth-order valence-electron chi connectivity index (χ4n) is 5.01. The van der Waals surface area contributed by atoms with Gasteiger partial charge in [0.25, 0.3) is 5.91 Å². The summed E-state index contributed by atoms with van der Waals surface area (Å²) < 4.78 is 11.2. The van der Waals surface area contributed by atoms with Gasteiger partial charge in [-0.2, -0.15) is 0 Å². The summed E-state index contributed by atoms with van der Waals surface area (Å²) in [4.78, 5) is 57.3. The van der Waals surface area contributed by atoms with Crippen LogP contribution >= 0.6 is 0 Å². The van der Waals surface area contributed by atoms with Crippen LogP contribution in [-0.2, 0) is 16.8 Å². The summed E-state index contributed by atoms with van der Waals surface area (Å²) in [5.74, 6) is -1.16. The number of rotatable bonds is 8. The number of Topliss-reactive ketones (excluding diaryl/α,β-unsaturated/α-hetero) is 1. The van der Waals surface area contributed by atoms with Crippen LogP contribution in [0.2, 0.25) is 0 Å². The molecule has 0 aliphatic carbocycles. The number of carboxylic acid groups (broad SMARTS) is 1. The van der Waals surface area contributed by atoms with Crippen LogP contribution in [0.1, 0.15) is 78.2 Å². The first-order valence-corrected chi connectivity index (χ1v) is 13.5. The van der Waals surface area contributed by atoms with Gasteiger partial charge in [0.05, 0.1) is 13.2 Å². The first kappa shape index (κ1) is 29.5. The second-order valence-corrected chi connectivity index (χ2v) is 11.0. The van der Waals surface area contributed by atoms with Crippen LogP contribution in [0, 0.1) is 5.41 Å². The van der Waals surface area contributed by atoms with Crippen molar-refractivity contribution >= 4 is 29.6 Å². The zero-order valence-electron chi connectivity index (χ0n) is 23.9. The lowest BCUT2D eigenvalue weighted by atomic mass is 9.85. The molecule has 1 unspecified atom stereocenters. The number of fused-ring (bicyclic) bond motifs is 1. The number of hydrogen-bond acceptors (Lipinski definition) is 8. The van der Waals surface area contributed by atoms with Crippen molar-refractivity contribution in [1.82, 2.24) is 20.1 Å². The molecule has 41 heavy (non-hydrogen) atoms. The summed E-state index contributed by atoms with van der Waals surface area (Å²) in [6.45, 7) is 8.34. The van der Waals surface area contributed by atoms with Crippen molar-refractivity contribution in [2.24, 2.45) is 0 Å². The van der Waals surface area contributed by atoms with E-state index in [1.807, 2.05) is 20.8 Å². The highest BCUT2D eigenvalue weighted by atomic mass is 16.6. The number of amidine groups is 1. The summed E-state index contributed by atoms with van der Waals surface area (Å²) in [5.41, 5.74) is 1.56. The number of likely N-dealkylation sites (tertiary alicyclic amines) is 1. The number of carbonyl (C=O) groups is 4. The van der Waals surface area contributed by atoms with Gasteiger partial charge in [-0.05, 0) is 49.4 Å². The first-order chi connectivity index (χ1) is 19.3. The Morgan fingerprint density at radius 3 is 2.54 bits per heavy atom. The Kier molecular flexibility index (Phi) is 8.32. The smallest absolute Gasteiger partial charge is 0.415 e. The number of hydrogen-bond donors (Lipinski definition) is 3. The fraction of sp³-hybridized carbons (Fsp3) is 0.448. The molecular formula is C29H35N5O7. The molecule has 3 heterocycles. The van der Waals surface area contributed by atoms with Crippen molar-refractivity contribution in [2.75, 3.05) is 26.7 Å². The van der Waals surface area contributed by atoms with Crippen LogP contribution in [0.3, 0.4) is 0 Å². The van der Waals surface area contributed by atoms with E-state index in [2.05, 4.69) is 10.3 Å². The van der Waals surface area contributed by atoms with E-state index in [0.29, 0.717) is 54.1 Å². The lowest BCUT2D eigenvalue weighted by molar-refractivity contribution is -0.141.